The highest BCUT2D eigenvalue weighted by atomic mass is 19.4. The molecule has 0 aromatic carbocycles. The summed E-state index contributed by atoms with van der Waals surface area (Å²) in [4.78, 5) is 15.9. The van der Waals surface area contributed by atoms with E-state index in [9.17, 15) is 18.0 Å². The fourth-order valence-corrected chi connectivity index (χ4v) is 0.786. The molecule has 92 valence electrons. The number of ether oxygens (including phenoxy) is 1. The zero-order valence-corrected chi connectivity index (χ0v) is 9.18. The van der Waals surface area contributed by atoms with Crippen molar-refractivity contribution in [3.05, 3.63) is 22.1 Å². The fourth-order valence-electron chi connectivity index (χ4n) is 0.786. The van der Waals surface area contributed by atoms with Gasteiger partial charge in [0.15, 0.2) is 5.69 Å². The van der Waals surface area contributed by atoms with E-state index >= 15 is 0 Å². The molecule has 7 heteroatoms. The van der Waals surface area contributed by atoms with E-state index in [-0.39, 0.29) is 6.61 Å². The van der Waals surface area contributed by atoms with Gasteiger partial charge in [0.1, 0.15) is 0 Å². The largest absolute Gasteiger partial charge is 0.465 e. The third kappa shape index (κ3) is 4.33. The number of alkyl halides is 3. The van der Waals surface area contributed by atoms with E-state index in [4.69, 9.17) is 0 Å². The SMILES string of the molecule is CC.CCOc1nc(C(F)(F)F)cc(=O)[nH]1. The van der Waals surface area contributed by atoms with E-state index in [1.807, 2.05) is 18.8 Å². The van der Waals surface area contributed by atoms with Crippen molar-refractivity contribution in [3.63, 3.8) is 0 Å². The second-order valence-electron chi connectivity index (χ2n) is 2.37. The molecule has 0 saturated heterocycles. The highest BCUT2D eigenvalue weighted by Crippen LogP contribution is 2.26. The van der Waals surface area contributed by atoms with Crippen molar-refractivity contribution < 1.29 is 17.9 Å². The van der Waals surface area contributed by atoms with E-state index in [2.05, 4.69) is 9.72 Å². The molecule has 0 bridgehead atoms. The van der Waals surface area contributed by atoms with Gasteiger partial charge >= 0.3 is 6.18 Å². The molecule has 1 rings (SSSR count). The molecule has 0 atom stereocenters. The summed E-state index contributed by atoms with van der Waals surface area (Å²) in [6.45, 7) is 5.70. The van der Waals surface area contributed by atoms with Crippen molar-refractivity contribution in [3.8, 4) is 6.01 Å². The maximum absolute atomic E-state index is 12.1. The Morgan fingerprint density at radius 1 is 1.44 bits per heavy atom. The van der Waals surface area contributed by atoms with Crippen molar-refractivity contribution >= 4 is 0 Å². The maximum atomic E-state index is 12.1. The number of aromatic nitrogens is 2. The van der Waals surface area contributed by atoms with Gasteiger partial charge in [-0.1, -0.05) is 13.8 Å². The smallest absolute Gasteiger partial charge is 0.433 e. The van der Waals surface area contributed by atoms with Gasteiger partial charge in [0.2, 0.25) is 0 Å². The molecule has 0 spiro atoms. The topological polar surface area (TPSA) is 55.0 Å². The standard InChI is InChI=1S/C7H7F3N2O2.C2H6/c1-2-14-6-11-4(7(8,9)10)3-5(13)12-6;1-2/h3H,2H2,1H3,(H,11,12,13);1-2H3. The van der Waals surface area contributed by atoms with Crippen LogP contribution >= 0.6 is 0 Å². The molecule has 0 aliphatic rings. The molecule has 4 nitrogen and oxygen atoms in total. The Morgan fingerprint density at radius 2 is 2.00 bits per heavy atom. The van der Waals surface area contributed by atoms with Gasteiger partial charge in [-0.2, -0.15) is 18.2 Å². The average Bonchev–Trinajstić information content (AvgIpc) is 2.19. The number of aromatic amines is 1. The highest BCUT2D eigenvalue weighted by molar-refractivity contribution is 5.08. The summed E-state index contributed by atoms with van der Waals surface area (Å²) in [6, 6.07) is -0.0463. The first-order valence-electron chi connectivity index (χ1n) is 4.75. The van der Waals surface area contributed by atoms with Crippen LogP contribution in [0.25, 0.3) is 0 Å². The van der Waals surface area contributed by atoms with Gasteiger partial charge in [0.05, 0.1) is 6.61 Å². The second-order valence-corrected chi connectivity index (χ2v) is 2.37. The Morgan fingerprint density at radius 3 is 2.44 bits per heavy atom. The molecule has 1 aromatic heterocycles. The Labute approximate surface area is 90.5 Å². The van der Waals surface area contributed by atoms with Gasteiger partial charge < -0.3 is 4.74 Å². The first kappa shape index (κ1) is 14.5. The number of H-pyrrole nitrogens is 1. The lowest BCUT2D eigenvalue weighted by Gasteiger charge is -2.06. The van der Waals surface area contributed by atoms with Gasteiger partial charge in [-0.25, -0.2) is 0 Å². The van der Waals surface area contributed by atoms with Crippen LogP contribution in [0.4, 0.5) is 13.2 Å². The third-order valence-corrected chi connectivity index (χ3v) is 1.29. The predicted octanol–water partition coefficient (Wildman–Crippen LogP) is 2.21. The lowest BCUT2D eigenvalue weighted by atomic mass is 10.4. The first-order valence-corrected chi connectivity index (χ1v) is 4.75. The maximum Gasteiger partial charge on any atom is 0.433 e. The quantitative estimate of drug-likeness (QED) is 0.859. The molecule has 0 fully saturated rings. The minimum Gasteiger partial charge on any atom is -0.465 e. The molecule has 0 radical (unpaired) electrons. The van der Waals surface area contributed by atoms with Gasteiger partial charge in [-0.3, -0.25) is 9.78 Å². The number of hydrogen-bond acceptors (Lipinski definition) is 3. The first-order chi connectivity index (χ1) is 7.43. The Bertz CT molecular complexity index is 374. The van der Waals surface area contributed by atoms with Crippen LogP contribution in [0.1, 0.15) is 26.5 Å². The Hall–Kier alpha value is -1.53. The minimum absolute atomic E-state index is 0.129. The number of nitrogens with one attached hydrogen (secondary N) is 1. The summed E-state index contributed by atoms with van der Waals surface area (Å²) in [5.41, 5.74) is -2.15. The number of rotatable bonds is 2. The molecule has 0 aliphatic carbocycles. The lowest BCUT2D eigenvalue weighted by molar-refractivity contribution is -0.141. The number of hydrogen-bond donors (Lipinski definition) is 1. The van der Waals surface area contributed by atoms with Crippen molar-refractivity contribution in [2.24, 2.45) is 0 Å². The summed E-state index contributed by atoms with van der Waals surface area (Å²) in [5, 5.41) is 0. The molecule has 1 heterocycles. The van der Waals surface area contributed by atoms with Crippen LogP contribution in [0.3, 0.4) is 0 Å². The van der Waals surface area contributed by atoms with E-state index in [1.54, 1.807) is 6.92 Å². The number of nitrogens with zero attached hydrogens (tertiary/aromatic N) is 1. The van der Waals surface area contributed by atoms with Crippen molar-refractivity contribution in [2.45, 2.75) is 26.9 Å². The van der Waals surface area contributed by atoms with Crippen molar-refractivity contribution in [2.75, 3.05) is 6.61 Å². The summed E-state index contributed by atoms with van der Waals surface area (Å²) < 4.78 is 41.0. The van der Waals surface area contributed by atoms with Crippen LogP contribution in [-0.2, 0) is 6.18 Å². The molecule has 16 heavy (non-hydrogen) atoms. The summed E-state index contributed by atoms with van der Waals surface area (Å²) in [5.74, 6) is 0. The van der Waals surface area contributed by atoms with E-state index in [0.29, 0.717) is 6.07 Å². The molecule has 0 amide bonds. The number of halogens is 3. The molecule has 0 aliphatic heterocycles. The Kier molecular flexibility index (Phi) is 5.55. The van der Waals surface area contributed by atoms with Gasteiger partial charge in [-0.15, -0.1) is 0 Å². The van der Waals surface area contributed by atoms with Crippen LogP contribution in [0.15, 0.2) is 10.9 Å². The van der Waals surface area contributed by atoms with E-state index in [1.165, 1.54) is 0 Å². The Balaban J connectivity index is 0.00000106. The molecular formula is C9H13F3N2O2. The average molecular weight is 238 g/mol. The summed E-state index contributed by atoms with van der Waals surface area (Å²) in [7, 11) is 0. The van der Waals surface area contributed by atoms with Crippen molar-refractivity contribution in [1.29, 1.82) is 0 Å². The zero-order valence-electron chi connectivity index (χ0n) is 9.18. The van der Waals surface area contributed by atoms with Gasteiger partial charge in [0, 0.05) is 6.07 Å². The zero-order chi connectivity index (χ0) is 12.8. The van der Waals surface area contributed by atoms with Gasteiger partial charge in [-0.05, 0) is 6.92 Å². The lowest BCUT2D eigenvalue weighted by Crippen LogP contribution is -2.17. The molecule has 0 saturated carbocycles. The highest BCUT2D eigenvalue weighted by Gasteiger charge is 2.33. The molecular weight excluding hydrogens is 225 g/mol. The van der Waals surface area contributed by atoms with Crippen LogP contribution in [0.2, 0.25) is 0 Å². The van der Waals surface area contributed by atoms with Crippen molar-refractivity contribution in [1.82, 2.24) is 9.97 Å². The monoisotopic (exact) mass is 238 g/mol. The predicted molar refractivity (Wildman–Crippen MR) is 52.4 cm³/mol. The summed E-state index contributed by atoms with van der Waals surface area (Å²) in [6.07, 6.45) is -4.64. The van der Waals surface area contributed by atoms with Crippen LogP contribution in [-0.4, -0.2) is 16.6 Å². The van der Waals surface area contributed by atoms with E-state index in [0.717, 1.165) is 0 Å². The third-order valence-electron chi connectivity index (χ3n) is 1.29. The minimum atomic E-state index is -4.64. The van der Waals surface area contributed by atoms with Crippen LogP contribution in [0, 0.1) is 0 Å². The van der Waals surface area contributed by atoms with Crippen LogP contribution < -0.4 is 10.3 Å². The normalized spacial score (nSPS) is 10.4. The van der Waals surface area contributed by atoms with Crippen LogP contribution in [0.5, 0.6) is 6.01 Å². The summed E-state index contributed by atoms with van der Waals surface area (Å²) >= 11 is 0. The fraction of sp³-hybridized carbons (Fsp3) is 0.556. The molecule has 1 N–H and O–H groups in total. The second kappa shape index (κ2) is 6.14. The van der Waals surface area contributed by atoms with E-state index < -0.39 is 23.4 Å². The molecule has 1 aromatic rings. The molecule has 0 unspecified atom stereocenters. The van der Waals surface area contributed by atoms with Gasteiger partial charge in [0.25, 0.3) is 11.6 Å².